The number of nitrogens with one attached hydrogen (secondary N) is 2. The summed E-state index contributed by atoms with van der Waals surface area (Å²) in [4.78, 5) is 30.6. The van der Waals surface area contributed by atoms with Crippen LogP contribution >= 0.6 is 0 Å². The lowest BCUT2D eigenvalue weighted by atomic mass is 9.79. The highest BCUT2D eigenvalue weighted by atomic mass is 16.5. The summed E-state index contributed by atoms with van der Waals surface area (Å²) in [6.45, 7) is 15.5. The van der Waals surface area contributed by atoms with Gasteiger partial charge in [0.15, 0.2) is 0 Å². The number of aromatic amines is 2. The Morgan fingerprint density at radius 2 is 1.50 bits per heavy atom. The Morgan fingerprint density at radius 1 is 0.812 bits per heavy atom. The molecule has 0 radical (unpaired) electrons. The minimum atomic E-state index is -0.739. The van der Waals surface area contributed by atoms with Crippen LogP contribution in [0.5, 0.6) is 5.75 Å². The van der Waals surface area contributed by atoms with Gasteiger partial charge in [0.2, 0.25) is 0 Å². The molecule has 252 valence electrons. The van der Waals surface area contributed by atoms with Crippen LogP contribution in [-0.4, -0.2) is 76.5 Å². The number of H-pyrrole nitrogens is 2. The van der Waals surface area contributed by atoms with Crippen LogP contribution in [0.1, 0.15) is 67.0 Å². The Balaban J connectivity index is 1.46. The van der Waals surface area contributed by atoms with Crippen molar-refractivity contribution in [3.05, 3.63) is 131 Å². The van der Waals surface area contributed by atoms with Gasteiger partial charge in [0.05, 0.1) is 0 Å². The van der Waals surface area contributed by atoms with Gasteiger partial charge < -0.3 is 29.4 Å². The molecule has 2 aromatic heterocycles. The maximum atomic E-state index is 14.6. The van der Waals surface area contributed by atoms with E-state index in [1.807, 2.05) is 36.7 Å². The van der Waals surface area contributed by atoms with Crippen LogP contribution < -0.4 is 9.64 Å². The maximum absolute atomic E-state index is 14.6. The molecule has 0 aliphatic carbocycles. The molecule has 0 fully saturated rings. The second-order valence-corrected chi connectivity index (χ2v) is 12.5. The van der Waals surface area contributed by atoms with Crippen molar-refractivity contribution in [3.8, 4) is 5.75 Å². The number of nitrogens with zero attached hydrogens (tertiary/aromatic N) is 4. The standard InChI is InChI=1S/C40H50N6O2/c1-5-44(6-2)33-16-11-22-40(37-20-19-34(45(7-3)8-4)28-38(37)48-27-21-33)36-18-10-9-17-35(36)39(47)46(40)26-25-43(29-31-14-12-23-41-31)30-32-15-13-24-42-32/h9-21,23-24,28,41-42H,5-8,22,25-27,29-30H2,1-4H3/b16-11-,33-21-. The lowest BCUT2D eigenvalue weighted by Crippen LogP contribution is -2.48. The van der Waals surface area contributed by atoms with Gasteiger partial charge in [0.1, 0.15) is 17.9 Å². The fraction of sp³-hybridized carbons (Fsp3) is 0.375. The highest BCUT2D eigenvalue weighted by Crippen LogP contribution is 2.50. The Labute approximate surface area is 285 Å². The number of rotatable bonds is 13. The van der Waals surface area contributed by atoms with Crippen LogP contribution in [0.25, 0.3) is 0 Å². The van der Waals surface area contributed by atoms with Crippen molar-refractivity contribution < 1.29 is 9.53 Å². The van der Waals surface area contributed by atoms with Gasteiger partial charge in [0.25, 0.3) is 5.91 Å². The number of carbonyl (C=O) groups excluding carboxylic acids is 1. The van der Waals surface area contributed by atoms with Crippen molar-refractivity contribution in [2.24, 2.45) is 0 Å². The van der Waals surface area contributed by atoms with E-state index in [9.17, 15) is 4.79 Å². The molecule has 1 spiro atoms. The highest BCUT2D eigenvalue weighted by molar-refractivity contribution is 6.01. The number of benzene rings is 2. The number of anilines is 1. The summed E-state index contributed by atoms with van der Waals surface area (Å²) >= 11 is 0. The smallest absolute Gasteiger partial charge is 0.255 e. The summed E-state index contributed by atoms with van der Waals surface area (Å²) in [5.74, 6) is 0.892. The van der Waals surface area contributed by atoms with Crippen molar-refractivity contribution in [2.45, 2.75) is 52.7 Å². The molecule has 1 unspecified atom stereocenters. The minimum Gasteiger partial charge on any atom is -0.489 e. The number of amides is 1. The van der Waals surface area contributed by atoms with E-state index in [2.05, 4.69) is 118 Å². The van der Waals surface area contributed by atoms with E-state index < -0.39 is 5.54 Å². The maximum Gasteiger partial charge on any atom is 0.255 e. The van der Waals surface area contributed by atoms with E-state index in [1.165, 1.54) is 0 Å². The largest absolute Gasteiger partial charge is 0.489 e. The molecule has 4 aromatic rings. The molecule has 8 heteroatoms. The first-order valence-corrected chi connectivity index (χ1v) is 17.5. The predicted octanol–water partition coefficient (Wildman–Crippen LogP) is 7.16. The number of hydrogen-bond donors (Lipinski definition) is 2. The van der Waals surface area contributed by atoms with Crippen molar-refractivity contribution in [1.82, 2.24) is 24.7 Å². The summed E-state index contributed by atoms with van der Waals surface area (Å²) in [5, 5.41) is 0. The molecule has 2 N–H and O–H groups in total. The normalized spacial score (nSPS) is 19.1. The van der Waals surface area contributed by atoms with Gasteiger partial charge in [0, 0.05) is 105 Å². The molecule has 2 aromatic carbocycles. The predicted molar refractivity (Wildman–Crippen MR) is 194 cm³/mol. The Bertz CT molecular complexity index is 1660. The van der Waals surface area contributed by atoms with Crippen LogP contribution in [0.3, 0.4) is 0 Å². The second-order valence-electron chi connectivity index (χ2n) is 12.5. The van der Waals surface area contributed by atoms with Crippen molar-refractivity contribution in [1.29, 1.82) is 0 Å². The van der Waals surface area contributed by atoms with Gasteiger partial charge in [-0.25, -0.2) is 0 Å². The summed E-state index contributed by atoms with van der Waals surface area (Å²) < 4.78 is 6.74. The lowest BCUT2D eigenvalue weighted by Gasteiger charge is -2.41. The third-order valence-corrected chi connectivity index (χ3v) is 9.96. The van der Waals surface area contributed by atoms with Crippen molar-refractivity contribution in [3.63, 3.8) is 0 Å². The first-order chi connectivity index (χ1) is 23.5. The van der Waals surface area contributed by atoms with Crippen LogP contribution in [0.15, 0.2) is 103 Å². The fourth-order valence-electron chi connectivity index (χ4n) is 7.49. The van der Waals surface area contributed by atoms with E-state index in [-0.39, 0.29) is 5.91 Å². The van der Waals surface area contributed by atoms with Crippen molar-refractivity contribution >= 4 is 11.6 Å². The molecule has 48 heavy (non-hydrogen) atoms. The highest BCUT2D eigenvalue weighted by Gasteiger charge is 2.51. The van der Waals surface area contributed by atoms with Crippen LogP contribution in [0.2, 0.25) is 0 Å². The molecule has 8 nitrogen and oxygen atoms in total. The molecule has 2 aliphatic heterocycles. The summed E-state index contributed by atoms with van der Waals surface area (Å²) in [6, 6.07) is 23.1. The van der Waals surface area contributed by atoms with E-state index in [0.29, 0.717) is 26.1 Å². The molecule has 2 aliphatic rings. The van der Waals surface area contributed by atoms with Gasteiger partial charge in [-0.15, -0.1) is 0 Å². The molecule has 0 saturated heterocycles. The molecule has 1 atom stereocenters. The quantitative estimate of drug-likeness (QED) is 0.161. The number of carbonyl (C=O) groups is 1. The number of allylic oxidation sites excluding steroid dienone is 1. The fourth-order valence-corrected chi connectivity index (χ4v) is 7.49. The summed E-state index contributed by atoms with van der Waals surface area (Å²) in [6.07, 6.45) is 11.2. The molecule has 0 bridgehead atoms. The summed E-state index contributed by atoms with van der Waals surface area (Å²) in [5.41, 5.74) is 6.65. The third-order valence-electron chi connectivity index (χ3n) is 9.96. The summed E-state index contributed by atoms with van der Waals surface area (Å²) in [7, 11) is 0. The topological polar surface area (TPSA) is 70.8 Å². The zero-order valence-electron chi connectivity index (χ0n) is 28.9. The second kappa shape index (κ2) is 15.0. The van der Waals surface area contributed by atoms with Gasteiger partial charge in [-0.1, -0.05) is 30.3 Å². The monoisotopic (exact) mass is 646 g/mol. The van der Waals surface area contributed by atoms with Crippen molar-refractivity contribution in [2.75, 3.05) is 50.8 Å². The van der Waals surface area contributed by atoms with Gasteiger partial charge in [-0.3, -0.25) is 9.69 Å². The van der Waals surface area contributed by atoms with E-state index in [4.69, 9.17) is 4.74 Å². The zero-order valence-corrected chi connectivity index (χ0v) is 28.9. The van der Waals surface area contributed by atoms with Crippen LogP contribution in [0.4, 0.5) is 5.69 Å². The molecular formula is C40H50N6O2. The number of fused-ring (bicyclic) bond motifs is 4. The first kappa shape index (κ1) is 33.2. The molecule has 6 rings (SSSR count). The number of ether oxygens (including phenoxy) is 1. The third kappa shape index (κ3) is 6.54. The number of aromatic nitrogens is 2. The number of likely N-dealkylation sites (N-methyl/N-ethyl adjacent to an activating group) is 1. The van der Waals surface area contributed by atoms with Crippen LogP contribution in [-0.2, 0) is 18.6 Å². The zero-order chi connectivity index (χ0) is 33.5. The Kier molecular flexibility index (Phi) is 10.4. The molecular weight excluding hydrogens is 596 g/mol. The molecule has 0 saturated carbocycles. The average molecular weight is 647 g/mol. The first-order valence-electron chi connectivity index (χ1n) is 17.5. The van der Waals surface area contributed by atoms with Gasteiger partial charge in [-0.05, 0) is 88.2 Å². The molecule has 1 amide bonds. The van der Waals surface area contributed by atoms with E-state index in [0.717, 1.165) is 84.5 Å². The SMILES string of the molecule is CCN(CC)C1=C\COc2cc(N(CC)CC)ccc2C2(C/C=C\1)c1ccccc1C(=O)N2CCN(Cc1ccc[nH]1)Cc1ccc[nH]1. The Morgan fingerprint density at radius 3 is 2.15 bits per heavy atom. The van der Waals surface area contributed by atoms with Gasteiger partial charge >= 0.3 is 0 Å². The average Bonchev–Trinajstić information content (AvgIpc) is 3.87. The minimum absolute atomic E-state index is 0.0639. The van der Waals surface area contributed by atoms with E-state index in [1.54, 1.807) is 0 Å². The Hall–Kier alpha value is -4.69. The lowest BCUT2D eigenvalue weighted by molar-refractivity contribution is 0.0580. The molecule has 4 heterocycles. The van der Waals surface area contributed by atoms with E-state index >= 15 is 0 Å². The van der Waals surface area contributed by atoms with Gasteiger partial charge in [-0.2, -0.15) is 0 Å². The van der Waals surface area contributed by atoms with Crippen LogP contribution in [0, 0.1) is 0 Å². The number of hydrogen-bond acceptors (Lipinski definition) is 5.